The van der Waals surface area contributed by atoms with Crippen LogP contribution >= 0.6 is 23.2 Å². The molecule has 1 aliphatic heterocycles. The third-order valence-electron chi connectivity index (χ3n) is 4.29. The van der Waals surface area contributed by atoms with Gasteiger partial charge in [-0.2, -0.15) is 0 Å². The van der Waals surface area contributed by atoms with E-state index in [9.17, 15) is 14.4 Å². The Morgan fingerprint density at radius 3 is 2.21 bits per heavy atom. The summed E-state index contributed by atoms with van der Waals surface area (Å²) in [5.74, 6) is -1.12. The second kappa shape index (κ2) is 7.91. The Morgan fingerprint density at radius 1 is 1.04 bits per heavy atom. The Kier molecular flexibility index (Phi) is 5.74. The average Bonchev–Trinajstić information content (AvgIpc) is 2.90. The normalized spacial score (nSPS) is 13.6. The molecule has 3 amide bonds. The van der Waals surface area contributed by atoms with E-state index in [1.165, 1.54) is 11.0 Å². The van der Waals surface area contributed by atoms with Crippen LogP contribution in [0.1, 0.15) is 34.6 Å². The molecule has 0 spiro atoms. The number of hydrogen-bond acceptors (Lipinski definition) is 4. The van der Waals surface area contributed by atoms with Crippen LogP contribution in [0.15, 0.2) is 42.5 Å². The second-order valence-electron chi connectivity index (χ2n) is 6.97. The van der Waals surface area contributed by atoms with E-state index in [0.717, 1.165) is 0 Å². The number of halogens is 2. The lowest BCUT2D eigenvalue weighted by atomic mass is 10.0. The molecule has 1 heterocycles. The molecular formula is C20H18Cl2N2O4. The van der Waals surface area contributed by atoms with E-state index in [1.807, 2.05) is 0 Å². The number of imide groups is 1. The predicted octanol–water partition coefficient (Wildman–Crippen LogP) is 4.02. The van der Waals surface area contributed by atoms with Crippen LogP contribution in [0.4, 0.5) is 5.69 Å². The van der Waals surface area contributed by atoms with Crippen molar-refractivity contribution in [1.29, 1.82) is 0 Å². The summed E-state index contributed by atoms with van der Waals surface area (Å²) in [5.41, 5.74) is 0.315. The van der Waals surface area contributed by atoms with Gasteiger partial charge in [0.25, 0.3) is 11.8 Å². The van der Waals surface area contributed by atoms with Gasteiger partial charge in [-0.05, 0) is 44.2 Å². The summed E-state index contributed by atoms with van der Waals surface area (Å²) in [6.45, 7) is 3.19. The molecule has 0 atom stereocenters. The maximum absolute atomic E-state index is 12.6. The first-order chi connectivity index (χ1) is 13.2. The number of carbonyl (C=O) groups excluding carboxylic acids is 3. The SMILES string of the molecule is CC(C)(COCC(=O)Nc1ccc(Cl)c(Cl)c1)N1C(=O)c2ccccc2C1=O. The monoisotopic (exact) mass is 420 g/mol. The highest BCUT2D eigenvalue weighted by atomic mass is 35.5. The topological polar surface area (TPSA) is 75.7 Å². The lowest BCUT2D eigenvalue weighted by molar-refractivity contribution is -0.121. The van der Waals surface area contributed by atoms with Gasteiger partial charge in [-0.3, -0.25) is 19.3 Å². The fourth-order valence-electron chi connectivity index (χ4n) is 2.97. The van der Waals surface area contributed by atoms with E-state index in [-0.39, 0.29) is 25.0 Å². The summed E-state index contributed by atoms with van der Waals surface area (Å²) in [6, 6.07) is 11.4. The van der Waals surface area contributed by atoms with Gasteiger partial charge in [0.1, 0.15) is 6.61 Å². The highest BCUT2D eigenvalue weighted by Gasteiger charge is 2.44. The van der Waals surface area contributed by atoms with E-state index >= 15 is 0 Å². The molecule has 1 N–H and O–H groups in total. The van der Waals surface area contributed by atoms with E-state index in [1.54, 1.807) is 50.2 Å². The zero-order valence-corrected chi connectivity index (χ0v) is 16.8. The number of nitrogens with zero attached hydrogens (tertiary/aromatic N) is 1. The number of carbonyl (C=O) groups is 3. The molecule has 0 radical (unpaired) electrons. The maximum Gasteiger partial charge on any atom is 0.262 e. The van der Waals surface area contributed by atoms with E-state index in [2.05, 4.69) is 5.32 Å². The third-order valence-corrected chi connectivity index (χ3v) is 5.03. The summed E-state index contributed by atoms with van der Waals surface area (Å²) in [5, 5.41) is 3.36. The van der Waals surface area contributed by atoms with Crippen molar-refractivity contribution >= 4 is 46.6 Å². The zero-order chi connectivity index (χ0) is 20.5. The molecule has 146 valence electrons. The van der Waals surface area contributed by atoms with Gasteiger partial charge in [-0.25, -0.2) is 0 Å². The molecule has 0 bridgehead atoms. The van der Waals surface area contributed by atoms with Gasteiger partial charge in [-0.1, -0.05) is 35.3 Å². The molecule has 0 saturated heterocycles. The van der Waals surface area contributed by atoms with E-state index < -0.39 is 11.4 Å². The molecule has 8 heteroatoms. The Balaban J connectivity index is 1.58. The van der Waals surface area contributed by atoms with Gasteiger partial charge in [0.05, 0.1) is 33.3 Å². The molecule has 2 aromatic carbocycles. The lowest BCUT2D eigenvalue weighted by Gasteiger charge is -2.33. The first-order valence-electron chi connectivity index (χ1n) is 8.51. The Morgan fingerprint density at radius 2 is 1.64 bits per heavy atom. The number of benzene rings is 2. The molecule has 0 saturated carbocycles. The summed E-state index contributed by atoms with van der Waals surface area (Å²) in [4.78, 5) is 38.4. The van der Waals surface area contributed by atoms with Crippen molar-refractivity contribution in [2.45, 2.75) is 19.4 Å². The smallest absolute Gasteiger partial charge is 0.262 e. The number of nitrogens with one attached hydrogen (secondary N) is 1. The van der Waals surface area contributed by atoms with Gasteiger partial charge < -0.3 is 10.1 Å². The fraction of sp³-hybridized carbons (Fsp3) is 0.250. The van der Waals surface area contributed by atoms with Crippen molar-refractivity contribution in [3.05, 3.63) is 63.6 Å². The van der Waals surface area contributed by atoms with Gasteiger partial charge in [0.15, 0.2) is 0 Å². The summed E-state index contributed by atoms with van der Waals surface area (Å²) < 4.78 is 5.48. The quantitative estimate of drug-likeness (QED) is 0.715. The van der Waals surface area contributed by atoms with Crippen LogP contribution in [0.25, 0.3) is 0 Å². The number of rotatable bonds is 6. The third kappa shape index (κ3) is 4.04. The van der Waals surface area contributed by atoms with Crippen molar-refractivity contribution < 1.29 is 19.1 Å². The molecule has 0 aliphatic carbocycles. The van der Waals surface area contributed by atoms with Crippen LogP contribution in [0.3, 0.4) is 0 Å². The van der Waals surface area contributed by atoms with Gasteiger partial charge >= 0.3 is 0 Å². The molecule has 6 nitrogen and oxygen atoms in total. The van der Waals surface area contributed by atoms with Gasteiger partial charge in [-0.15, -0.1) is 0 Å². The molecule has 0 unspecified atom stereocenters. The van der Waals surface area contributed by atoms with Crippen LogP contribution in [0, 0.1) is 0 Å². The van der Waals surface area contributed by atoms with Crippen molar-refractivity contribution in [2.24, 2.45) is 0 Å². The lowest BCUT2D eigenvalue weighted by Crippen LogP contribution is -2.50. The highest BCUT2D eigenvalue weighted by Crippen LogP contribution is 2.29. The number of ether oxygens (including phenoxy) is 1. The Bertz CT molecular complexity index is 924. The van der Waals surface area contributed by atoms with Crippen molar-refractivity contribution in [3.63, 3.8) is 0 Å². The van der Waals surface area contributed by atoms with E-state index in [4.69, 9.17) is 27.9 Å². The molecule has 2 aromatic rings. The van der Waals surface area contributed by atoms with Crippen LogP contribution in [0.5, 0.6) is 0 Å². The molecule has 3 rings (SSSR count). The second-order valence-corrected chi connectivity index (χ2v) is 7.79. The van der Waals surface area contributed by atoms with E-state index in [0.29, 0.717) is 26.9 Å². The Labute approximate surface area is 172 Å². The summed E-state index contributed by atoms with van der Waals surface area (Å²) in [7, 11) is 0. The maximum atomic E-state index is 12.6. The standard InChI is InChI=1S/C20H18Cl2N2O4/c1-20(2,24-18(26)13-5-3-4-6-14(13)19(24)27)11-28-10-17(25)23-12-7-8-15(21)16(22)9-12/h3-9H,10-11H2,1-2H3,(H,23,25). The first kappa shape index (κ1) is 20.3. The number of amides is 3. The largest absolute Gasteiger partial charge is 0.369 e. The molecular weight excluding hydrogens is 403 g/mol. The molecule has 0 fully saturated rings. The van der Waals surface area contributed by atoms with Crippen molar-refractivity contribution in [1.82, 2.24) is 4.90 Å². The molecule has 28 heavy (non-hydrogen) atoms. The molecule has 0 aromatic heterocycles. The minimum absolute atomic E-state index is 0.00720. The van der Waals surface area contributed by atoms with Crippen LogP contribution in [-0.2, 0) is 9.53 Å². The van der Waals surface area contributed by atoms with Gasteiger partial charge in [0.2, 0.25) is 5.91 Å². The average molecular weight is 421 g/mol. The first-order valence-corrected chi connectivity index (χ1v) is 9.27. The van der Waals surface area contributed by atoms with Crippen LogP contribution < -0.4 is 5.32 Å². The minimum atomic E-state index is -0.920. The minimum Gasteiger partial charge on any atom is -0.369 e. The van der Waals surface area contributed by atoms with Gasteiger partial charge in [0, 0.05) is 5.69 Å². The predicted molar refractivity (Wildman–Crippen MR) is 107 cm³/mol. The zero-order valence-electron chi connectivity index (χ0n) is 15.3. The number of hydrogen-bond donors (Lipinski definition) is 1. The summed E-state index contributed by atoms with van der Waals surface area (Å²) >= 11 is 11.8. The van der Waals surface area contributed by atoms with Crippen molar-refractivity contribution in [2.75, 3.05) is 18.5 Å². The summed E-state index contributed by atoms with van der Waals surface area (Å²) in [6.07, 6.45) is 0. The number of anilines is 1. The van der Waals surface area contributed by atoms with Crippen molar-refractivity contribution in [3.8, 4) is 0 Å². The Hall–Kier alpha value is -2.41. The molecule has 1 aliphatic rings. The highest BCUT2D eigenvalue weighted by molar-refractivity contribution is 6.42. The van der Waals surface area contributed by atoms with Crippen LogP contribution in [0.2, 0.25) is 10.0 Å². The van der Waals surface area contributed by atoms with Crippen LogP contribution in [-0.4, -0.2) is 41.4 Å². The fourth-order valence-corrected chi connectivity index (χ4v) is 3.27. The number of fused-ring (bicyclic) bond motifs is 1.